The number of para-hydroxylation sites is 1. The number of aromatic nitrogens is 1. The molecule has 0 spiro atoms. The highest BCUT2D eigenvalue weighted by Crippen LogP contribution is 2.21. The van der Waals surface area contributed by atoms with Gasteiger partial charge >= 0.3 is 6.03 Å². The van der Waals surface area contributed by atoms with Crippen LogP contribution in [0.2, 0.25) is 0 Å². The van der Waals surface area contributed by atoms with Crippen LogP contribution in [0, 0.1) is 5.82 Å². The second-order valence-corrected chi connectivity index (χ2v) is 5.96. The van der Waals surface area contributed by atoms with Crippen molar-refractivity contribution in [1.82, 2.24) is 15.8 Å². The molecule has 1 aromatic heterocycles. The van der Waals surface area contributed by atoms with Crippen LogP contribution >= 0.6 is 11.3 Å². The highest BCUT2D eigenvalue weighted by Gasteiger charge is 2.17. The number of hydrogen-bond acceptors (Lipinski definition) is 6. The number of nitrogens with zero attached hydrogens (tertiary/aromatic N) is 2. The van der Waals surface area contributed by atoms with Gasteiger partial charge in [-0.15, -0.1) is 11.3 Å². The zero-order valence-corrected chi connectivity index (χ0v) is 13.9. The van der Waals surface area contributed by atoms with Crippen LogP contribution < -0.4 is 21.1 Å². The summed E-state index contributed by atoms with van der Waals surface area (Å²) in [5.74, 6) is -1.13. The lowest BCUT2D eigenvalue weighted by Crippen LogP contribution is -2.44. The summed E-state index contributed by atoms with van der Waals surface area (Å²) in [6, 6.07) is 4.96. The number of carbonyl (C=O) groups is 2. The maximum Gasteiger partial charge on any atom is 0.338 e. The quantitative estimate of drug-likeness (QED) is 0.718. The Labute approximate surface area is 147 Å². The Bertz CT molecular complexity index is 763. The number of hydrazine groups is 1. The van der Waals surface area contributed by atoms with Crippen LogP contribution in [-0.2, 0) is 4.74 Å². The lowest BCUT2D eigenvalue weighted by atomic mass is 10.3. The zero-order chi connectivity index (χ0) is 17.6. The van der Waals surface area contributed by atoms with Crippen LogP contribution in [0.15, 0.2) is 29.6 Å². The summed E-state index contributed by atoms with van der Waals surface area (Å²) in [6.45, 7) is 2.69. The fourth-order valence-corrected chi connectivity index (χ4v) is 3.02. The van der Waals surface area contributed by atoms with Gasteiger partial charge in [0.1, 0.15) is 11.5 Å². The fraction of sp³-hybridized carbons (Fsp3) is 0.267. The summed E-state index contributed by atoms with van der Waals surface area (Å²) in [5.41, 5.74) is 4.60. The molecule has 0 saturated carbocycles. The Morgan fingerprint density at radius 2 is 1.96 bits per heavy atom. The van der Waals surface area contributed by atoms with E-state index in [2.05, 4.69) is 21.2 Å². The SMILES string of the molecule is O=C(NNC(=O)c1csc(N2CCOCC2)n1)Nc1ccccc1F. The van der Waals surface area contributed by atoms with Crippen LogP contribution in [0.3, 0.4) is 0 Å². The van der Waals surface area contributed by atoms with Crippen molar-refractivity contribution < 1.29 is 18.7 Å². The molecule has 2 heterocycles. The molecule has 0 bridgehead atoms. The molecule has 10 heteroatoms. The maximum absolute atomic E-state index is 13.4. The molecule has 8 nitrogen and oxygen atoms in total. The summed E-state index contributed by atoms with van der Waals surface area (Å²) in [6.07, 6.45) is 0. The molecular formula is C15H16FN5O3S. The molecule has 25 heavy (non-hydrogen) atoms. The van der Waals surface area contributed by atoms with E-state index in [-0.39, 0.29) is 11.4 Å². The van der Waals surface area contributed by atoms with Crippen LogP contribution in [0.4, 0.5) is 20.0 Å². The summed E-state index contributed by atoms with van der Waals surface area (Å²) in [4.78, 5) is 30.0. The van der Waals surface area contributed by atoms with Gasteiger partial charge in [-0.25, -0.2) is 19.6 Å². The van der Waals surface area contributed by atoms with Crippen molar-refractivity contribution in [1.29, 1.82) is 0 Å². The summed E-state index contributed by atoms with van der Waals surface area (Å²) >= 11 is 1.34. The first-order chi connectivity index (χ1) is 12.1. The van der Waals surface area contributed by atoms with Gasteiger partial charge < -0.3 is 15.0 Å². The number of ether oxygens (including phenoxy) is 1. The van der Waals surface area contributed by atoms with E-state index in [1.807, 2.05) is 4.90 Å². The van der Waals surface area contributed by atoms with E-state index in [0.29, 0.717) is 13.2 Å². The van der Waals surface area contributed by atoms with E-state index < -0.39 is 17.8 Å². The molecule has 1 saturated heterocycles. The number of thiazole rings is 1. The first-order valence-corrected chi connectivity index (χ1v) is 8.41. The highest BCUT2D eigenvalue weighted by molar-refractivity contribution is 7.13. The van der Waals surface area contributed by atoms with E-state index in [1.165, 1.54) is 29.5 Å². The minimum atomic E-state index is -0.762. The normalized spacial score (nSPS) is 14.0. The number of amides is 3. The van der Waals surface area contributed by atoms with Crippen molar-refractivity contribution in [2.75, 3.05) is 36.5 Å². The fourth-order valence-electron chi connectivity index (χ4n) is 2.16. The predicted octanol–water partition coefficient (Wildman–Crippen LogP) is 1.59. The standard InChI is InChI=1S/C15H16FN5O3S/c16-10-3-1-2-4-11(10)17-14(23)20-19-13(22)12-9-25-15(18-12)21-5-7-24-8-6-21/h1-4,9H,5-8H2,(H,19,22)(H2,17,20,23). The number of benzene rings is 1. The summed E-state index contributed by atoms with van der Waals surface area (Å²) in [5, 5.41) is 4.63. The average molecular weight is 365 g/mol. The third-order valence-corrected chi connectivity index (χ3v) is 4.32. The number of urea groups is 1. The van der Waals surface area contributed by atoms with Crippen molar-refractivity contribution in [2.24, 2.45) is 0 Å². The molecule has 132 valence electrons. The van der Waals surface area contributed by atoms with Crippen LogP contribution in [-0.4, -0.2) is 43.2 Å². The van der Waals surface area contributed by atoms with Gasteiger partial charge in [0.15, 0.2) is 5.13 Å². The molecule has 1 aromatic carbocycles. The number of hydrogen-bond donors (Lipinski definition) is 3. The van der Waals surface area contributed by atoms with Crippen LogP contribution in [0.5, 0.6) is 0 Å². The monoisotopic (exact) mass is 365 g/mol. The van der Waals surface area contributed by atoms with Crippen molar-refractivity contribution >= 4 is 34.1 Å². The first-order valence-electron chi connectivity index (χ1n) is 7.53. The van der Waals surface area contributed by atoms with E-state index >= 15 is 0 Å². The zero-order valence-electron chi connectivity index (χ0n) is 13.1. The van der Waals surface area contributed by atoms with Gasteiger partial charge in [0.25, 0.3) is 5.91 Å². The van der Waals surface area contributed by atoms with Crippen molar-refractivity contribution in [2.45, 2.75) is 0 Å². The summed E-state index contributed by atoms with van der Waals surface area (Å²) in [7, 11) is 0. The van der Waals surface area contributed by atoms with Crippen molar-refractivity contribution in [3.8, 4) is 0 Å². The number of halogens is 1. The van der Waals surface area contributed by atoms with Crippen LogP contribution in [0.1, 0.15) is 10.5 Å². The Morgan fingerprint density at radius 1 is 1.20 bits per heavy atom. The molecule has 3 N–H and O–H groups in total. The van der Waals surface area contributed by atoms with E-state index in [0.717, 1.165) is 18.2 Å². The summed E-state index contributed by atoms with van der Waals surface area (Å²) < 4.78 is 18.7. The second kappa shape index (κ2) is 7.90. The Kier molecular flexibility index (Phi) is 5.41. The molecule has 1 aliphatic rings. The molecule has 0 aliphatic carbocycles. The minimum Gasteiger partial charge on any atom is -0.378 e. The minimum absolute atomic E-state index is 0.0116. The molecular weight excluding hydrogens is 349 g/mol. The van der Waals surface area contributed by atoms with Crippen molar-refractivity contribution in [3.63, 3.8) is 0 Å². The van der Waals surface area contributed by atoms with E-state index in [4.69, 9.17) is 4.74 Å². The van der Waals surface area contributed by atoms with Crippen LogP contribution in [0.25, 0.3) is 0 Å². The topological polar surface area (TPSA) is 95.6 Å². The Hall–Kier alpha value is -2.72. The van der Waals surface area contributed by atoms with Gasteiger partial charge in [0.05, 0.1) is 18.9 Å². The molecule has 1 fully saturated rings. The van der Waals surface area contributed by atoms with Gasteiger partial charge in [-0.05, 0) is 12.1 Å². The maximum atomic E-state index is 13.4. The molecule has 3 amide bonds. The smallest absolute Gasteiger partial charge is 0.338 e. The van der Waals surface area contributed by atoms with Gasteiger partial charge in [0.2, 0.25) is 0 Å². The van der Waals surface area contributed by atoms with Crippen molar-refractivity contribution in [3.05, 3.63) is 41.2 Å². The lowest BCUT2D eigenvalue weighted by Gasteiger charge is -2.25. The largest absolute Gasteiger partial charge is 0.378 e. The number of anilines is 2. The molecule has 3 rings (SSSR count). The lowest BCUT2D eigenvalue weighted by molar-refractivity contribution is 0.0933. The van der Waals surface area contributed by atoms with E-state index in [9.17, 15) is 14.0 Å². The Morgan fingerprint density at radius 3 is 2.72 bits per heavy atom. The number of rotatable bonds is 3. The van der Waals surface area contributed by atoms with Gasteiger partial charge in [-0.2, -0.15) is 0 Å². The number of carbonyl (C=O) groups excluding carboxylic acids is 2. The highest BCUT2D eigenvalue weighted by atomic mass is 32.1. The first kappa shape index (κ1) is 17.1. The van der Waals surface area contributed by atoms with E-state index in [1.54, 1.807) is 11.4 Å². The molecule has 0 radical (unpaired) electrons. The van der Waals surface area contributed by atoms with Gasteiger partial charge in [0, 0.05) is 18.5 Å². The predicted molar refractivity (Wildman–Crippen MR) is 91.2 cm³/mol. The number of morpholine rings is 1. The number of nitrogens with one attached hydrogen (secondary N) is 3. The molecule has 0 atom stereocenters. The van der Waals surface area contributed by atoms with Gasteiger partial charge in [-0.1, -0.05) is 12.1 Å². The molecule has 1 aliphatic heterocycles. The second-order valence-electron chi connectivity index (χ2n) is 5.13. The van der Waals surface area contributed by atoms with Gasteiger partial charge in [-0.3, -0.25) is 10.2 Å². The molecule has 2 aromatic rings. The Balaban J connectivity index is 1.51. The molecule has 0 unspecified atom stereocenters. The third-order valence-electron chi connectivity index (χ3n) is 3.42. The average Bonchev–Trinajstić information content (AvgIpc) is 3.13. The third kappa shape index (κ3) is 4.43.